The van der Waals surface area contributed by atoms with Crippen molar-refractivity contribution in [2.75, 3.05) is 19.8 Å². The summed E-state index contributed by atoms with van der Waals surface area (Å²) in [6.45, 7) is -2.54. The highest BCUT2D eigenvalue weighted by molar-refractivity contribution is 5.93. The summed E-state index contributed by atoms with van der Waals surface area (Å²) in [7, 11) is 0. The van der Waals surface area contributed by atoms with Gasteiger partial charge in [-0.25, -0.2) is 19.2 Å². The van der Waals surface area contributed by atoms with Crippen molar-refractivity contribution in [2.45, 2.75) is 54.8 Å². The van der Waals surface area contributed by atoms with E-state index in [0.29, 0.717) is 0 Å². The van der Waals surface area contributed by atoms with Gasteiger partial charge in [0.25, 0.3) is 0 Å². The number of carboxylic acids is 2. The second-order valence-electron chi connectivity index (χ2n) is 10.2. The van der Waals surface area contributed by atoms with Crippen molar-refractivity contribution in [3.05, 3.63) is 70.8 Å². The quantitative estimate of drug-likeness (QED) is 0.120. The Labute approximate surface area is 253 Å². The molecule has 0 saturated carbocycles. The molecule has 0 aliphatic carbocycles. The number of aromatic carboxylic acids is 2. The Bertz CT molecular complexity index is 1380. The van der Waals surface area contributed by atoms with Crippen LogP contribution in [0.15, 0.2) is 48.5 Å². The van der Waals surface area contributed by atoms with E-state index in [1.807, 2.05) is 0 Å². The van der Waals surface area contributed by atoms with E-state index in [9.17, 15) is 49.8 Å². The Morgan fingerprint density at radius 1 is 0.667 bits per heavy atom. The van der Waals surface area contributed by atoms with E-state index in [1.54, 1.807) is 0 Å². The molecule has 17 heteroatoms. The fourth-order valence-electron chi connectivity index (χ4n) is 4.59. The highest BCUT2D eigenvalue weighted by Crippen LogP contribution is 2.37. The summed E-state index contributed by atoms with van der Waals surface area (Å²) in [5, 5.41) is 80.4. The van der Waals surface area contributed by atoms with Gasteiger partial charge in [-0.3, -0.25) is 0 Å². The molecule has 0 aromatic heterocycles. The van der Waals surface area contributed by atoms with E-state index in [4.69, 9.17) is 33.9 Å². The molecule has 0 spiro atoms. The van der Waals surface area contributed by atoms with Crippen LogP contribution in [-0.4, -0.2) is 139 Å². The first kappa shape index (κ1) is 33.8. The molecule has 4 rings (SSSR count). The molecule has 2 fully saturated rings. The minimum Gasteiger partial charge on any atom is -0.478 e. The maximum Gasteiger partial charge on any atom is 0.338 e. The fourth-order valence-corrected chi connectivity index (χ4v) is 4.59. The molecule has 0 amide bonds. The van der Waals surface area contributed by atoms with E-state index in [2.05, 4.69) is 0 Å². The molecule has 244 valence electrons. The molecule has 0 bridgehead atoms. The van der Waals surface area contributed by atoms with E-state index in [1.165, 1.54) is 12.1 Å². The Morgan fingerprint density at radius 3 is 1.62 bits per heavy atom. The minimum atomic E-state index is -2.52. The Kier molecular flexibility index (Phi) is 10.5. The summed E-state index contributed by atoms with van der Waals surface area (Å²) < 4.78 is 27.0. The van der Waals surface area contributed by atoms with Crippen LogP contribution in [0, 0.1) is 0 Å². The van der Waals surface area contributed by atoms with Gasteiger partial charge >= 0.3 is 23.9 Å². The van der Waals surface area contributed by atoms with Crippen LogP contribution in [0.1, 0.15) is 41.4 Å². The smallest absolute Gasteiger partial charge is 0.338 e. The number of benzene rings is 2. The van der Waals surface area contributed by atoms with Gasteiger partial charge in [0.2, 0.25) is 5.79 Å². The minimum absolute atomic E-state index is 0.0523. The maximum absolute atomic E-state index is 12.7. The van der Waals surface area contributed by atoms with Crippen LogP contribution in [0.3, 0.4) is 0 Å². The Hall–Kier alpha value is -4.04. The van der Waals surface area contributed by atoms with Crippen molar-refractivity contribution < 1.29 is 83.7 Å². The van der Waals surface area contributed by atoms with Crippen molar-refractivity contribution in [2.24, 2.45) is 0 Å². The van der Waals surface area contributed by atoms with Crippen LogP contribution in [0.2, 0.25) is 0 Å². The monoisotopic (exact) mass is 638 g/mol. The highest BCUT2D eigenvalue weighted by atomic mass is 16.8. The molecule has 0 radical (unpaired) electrons. The SMILES string of the molecule is O=C(O)c1ccc(C(=O)OC[C@H]2O[C@H](O[C@]3(COC(=O)c4ccc(C(=O)O)cc4)O[C@H](CO)[C@@H](O)[C@@H]3O)[C@H](O)[C@@H](O)[C@@H]2O)cc1. The third-order valence-electron chi connectivity index (χ3n) is 7.19. The molecule has 2 aromatic rings. The highest BCUT2D eigenvalue weighted by Gasteiger charge is 2.59. The predicted octanol–water partition coefficient (Wildman–Crippen LogP) is -2.27. The number of carbonyl (C=O) groups is 4. The van der Waals surface area contributed by atoms with Gasteiger partial charge in [0.15, 0.2) is 6.29 Å². The zero-order valence-electron chi connectivity index (χ0n) is 23.1. The topological polar surface area (TPSA) is 276 Å². The lowest BCUT2D eigenvalue weighted by Crippen LogP contribution is -2.63. The zero-order valence-corrected chi connectivity index (χ0v) is 23.1. The van der Waals surface area contributed by atoms with Gasteiger partial charge in [-0.1, -0.05) is 0 Å². The second kappa shape index (κ2) is 13.9. The molecule has 2 aliphatic rings. The first-order valence-electron chi connectivity index (χ1n) is 13.3. The van der Waals surface area contributed by atoms with Crippen molar-refractivity contribution in [1.29, 1.82) is 0 Å². The fraction of sp³-hybridized carbons (Fsp3) is 0.429. The first-order valence-corrected chi connectivity index (χ1v) is 13.3. The number of hydrogen-bond donors (Lipinski definition) is 8. The van der Waals surface area contributed by atoms with Crippen LogP contribution in [0.5, 0.6) is 0 Å². The van der Waals surface area contributed by atoms with Gasteiger partial charge in [0, 0.05) is 0 Å². The largest absolute Gasteiger partial charge is 0.478 e. The summed E-state index contributed by atoms with van der Waals surface area (Å²) in [5.41, 5.74) is -0.372. The molecule has 8 N–H and O–H groups in total. The van der Waals surface area contributed by atoms with Crippen molar-refractivity contribution in [1.82, 2.24) is 0 Å². The van der Waals surface area contributed by atoms with Crippen LogP contribution < -0.4 is 0 Å². The van der Waals surface area contributed by atoms with Gasteiger partial charge in [-0.05, 0) is 48.5 Å². The van der Waals surface area contributed by atoms with Crippen LogP contribution in [0.25, 0.3) is 0 Å². The molecule has 2 saturated heterocycles. The van der Waals surface area contributed by atoms with E-state index in [0.717, 1.165) is 36.4 Å². The number of carboxylic acid groups (broad SMARTS) is 2. The third kappa shape index (κ3) is 7.28. The van der Waals surface area contributed by atoms with Gasteiger partial charge in [0.1, 0.15) is 55.9 Å². The van der Waals surface area contributed by atoms with E-state index < -0.39 is 98.5 Å². The molecule has 2 heterocycles. The van der Waals surface area contributed by atoms with Crippen molar-refractivity contribution >= 4 is 23.9 Å². The van der Waals surface area contributed by atoms with Gasteiger partial charge < -0.3 is 64.5 Å². The molecular weight excluding hydrogens is 608 g/mol. The molecule has 2 aromatic carbocycles. The number of ether oxygens (including phenoxy) is 5. The van der Waals surface area contributed by atoms with E-state index in [-0.39, 0.29) is 22.3 Å². The van der Waals surface area contributed by atoms with E-state index >= 15 is 0 Å². The van der Waals surface area contributed by atoms with Crippen molar-refractivity contribution in [3.63, 3.8) is 0 Å². The van der Waals surface area contributed by atoms with Crippen LogP contribution >= 0.6 is 0 Å². The lowest BCUT2D eigenvalue weighted by molar-refractivity contribution is -0.383. The summed E-state index contributed by atoms with van der Waals surface area (Å²) in [6.07, 6.45) is -14.7. The maximum atomic E-state index is 12.7. The summed E-state index contributed by atoms with van der Waals surface area (Å²) in [4.78, 5) is 47.2. The molecule has 0 unspecified atom stereocenters. The zero-order chi connectivity index (χ0) is 33.1. The number of carbonyl (C=O) groups excluding carboxylic acids is 2. The normalized spacial score (nSPS) is 31.2. The number of aliphatic hydroxyl groups excluding tert-OH is 6. The molecule has 2 aliphatic heterocycles. The Morgan fingerprint density at radius 2 is 1.16 bits per heavy atom. The lowest BCUT2D eigenvalue weighted by atomic mass is 9.99. The molecule has 45 heavy (non-hydrogen) atoms. The van der Waals surface area contributed by atoms with Gasteiger partial charge in [-0.2, -0.15) is 0 Å². The van der Waals surface area contributed by atoms with Gasteiger partial charge in [-0.15, -0.1) is 0 Å². The number of esters is 2. The predicted molar refractivity (Wildman–Crippen MR) is 142 cm³/mol. The summed E-state index contributed by atoms with van der Waals surface area (Å²) >= 11 is 0. The van der Waals surface area contributed by atoms with Crippen molar-refractivity contribution in [3.8, 4) is 0 Å². The summed E-state index contributed by atoms with van der Waals surface area (Å²) in [5.74, 6) is -6.99. The van der Waals surface area contributed by atoms with Crippen LogP contribution in [0.4, 0.5) is 0 Å². The lowest BCUT2D eigenvalue weighted by Gasteiger charge is -2.43. The molecule has 9 atom stereocenters. The first-order chi connectivity index (χ1) is 21.3. The standard InChI is InChI=1S/C28H30O17/c29-9-16-19(31)22(34)28(44-16,11-42-26(40)15-7-3-13(4-8-15)24(37)38)45-27-21(33)20(32)18(30)17(43-27)10-41-25(39)14-5-1-12(2-6-14)23(35)36/h1-8,16-22,27,29-34H,9-11H2,(H,35,36)(H,37,38)/t16-,17-,18-,19-,20+,21-,22+,27-,28+/m1/s1. The summed E-state index contributed by atoms with van der Waals surface area (Å²) in [6, 6.07) is 9.25. The average Bonchev–Trinajstić information content (AvgIpc) is 3.27. The second-order valence-corrected chi connectivity index (χ2v) is 10.2. The number of hydrogen-bond acceptors (Lipinski definition) is 15. The number of rotatable bonds is 11. The average molecular weight is 639 g/mol. The van der Waals surface area contributed by atoms with Gasteiger partial charge in [0.05, 0.1) is 28.9 Å². The molecule has 17 nitrogen and oxygen atoms in total. The number of aliphatic hydroxyl groups is 6. The molecular formula is C28H30O17. The van der Waals surface area contributed by atoms with Crippen LogP contribution in [-0.2, 0) is 23.7 Å². The Balaban J connectivity index is 1.49. The third-order valence-corrected chi connectivity index (χ3v) is 7.19.